The van der Waals surface area contributed by atoms with E-state index in [1.807, 2.05) is 18.7 Å². The number of amides is 1. The van der Waals surface area contributed by atoms with E-state index in [0.29, 0.717) is 6.54 Å². The van der Waals surface area contributed by atoms with Crippen molar-refractivity contribution in [2.24, 2.45) is 10.9 Å². The van der Waals surface area contributed by atoms with Gasteiger partial charge in [-0.25, -0.2) is 4.99 Å². The van der Waals surface area contributed by atoms with Gasteiger partial charge in [-0.15, -0.1) is 0 Å². The molecular weight excluding hydrogens is 350 g/mol. The zero-order valence-corrected chi connectivity index (χ0v) is 18.2. The van der Waals surface area contributed by atoms with E-state index in [1.54, 1.807) is 0 Å². The van der Waals surface area contributed by atoms with Crippen LogP contribution in [0, 0.1) is 5.92 Å². The molecule has 0 aromatic heterocycles. The molecule has 0 saturated carbocycles. The summed E-state index contributed by atoms with van der Waals surface area (Å²) < 4.78 is 0. The van der Waals surface area contributed by atoms with Crippen LogP contribution in [-0.2, 0) is 17.9 Å². The van der Waals surface area contributed by atoms with Crippen molar-refractivity contribution in [3.05, 3.63) is 35.4 Å². The van der Waals surface area contributed by atoms with Gasteiger partial charge in [-0.05, 0) is 38.1 Å². The average Bonchev–Trinajstić information content (AvgIpc) is 3.14. The lowest BCUT2D eigenvalue weighted by molar-refractivity contribution is -0.133. The number of aliphatic imine (C=N–C) groups is 1. The predicted molar refractivity (Wildman–Crippen MR) is 116 cm³/mol. The molecular formula is C22H37N5O. The zero-order chi connectivity index (χ0) is 20.5. The van der Waals surface area contributed by atoms with Gasteiger partial charge in [-0.2, -0.15) is 0 Å². The average molecular weight is 388 g/mol. The monoisotopic (exact) mass is 387 g/mol. The van der Waals surface area contributed by atoms with Crippen LogP contribution in [0.3, 0.4) is 0 Å². The Labute approximate surface area is 170 Å². The van der Waals surface area contributed by atoms with E-state index in [9.17, 15) is 4.79 Å². The number of likely N-dealkylation sites (tertiary alicyclic amines) is 1. The van der Waals surface area contributed by atoms with Crippen molar-refractivity contribution in [1.82, 2.24) is 20.4 Å². The molecule has 1 amide bonds. The van der Waals surface area contributed by atoms with E-state index < -0.39 is 0 Å². The summed E-state index contributed by atoms with van der Waals surface area (Å²) in [4.78, 5) is 21.2. The minimum absolute atomic E-state index is 0.0553. The number of nitrogens with one attached hydrogen (secondary N) is 2. The number of rotatable bonds is 8. The van der Waals surface area contributed by atoms with Gasteiger partial charge in [-0.3, -0.25) is 4.79 Å². The maximum atomic E-state index is 12.2. The van der Waals surface area contributed by atoms with Crippen LogP contribution >= 0.6 is 0 Å². The Bertz CT molecular complexity index is 658. The van der Waals surface area contributed by atoms with E-state index in [2.05, 4.69) is 60.7 Å². The molecule has 6 nitrogen and oxygen atoms in total. The SMILES string of the molecule is CCNC(=NCc1cccc(CN(C)CC)c1)NC1CCN(C(=O)C(C)C)C1. The van der Waals surface area contributed by atoms with Crippen LogP contribution < -0.4 is 10.6 Å². The molecule has 1 aromatic carbocycles. The van der Waals surface area contributed by atoms with Crippen LogP contribution in [0.1, 0.15) is 45.2 Å². The van der Waals surface area contributed by atoms with Crippen molar-refractivity contribution in [2.75, 3.05) is 33.2 Å². The van der Waals surface area contributed by atoms with Crippen LogP contribution in [0.2, 0.25) is 0 Å². The lowest BCUT2D eigenvalue weighted by Gasteiger charge is -2.20. The molecule has 2 rings (SSSR count). The molecule has 1 saturated heterocycles. The highest BCUT2D eigenvalue weighted by atomic mass is 16.2. The number of guanidine groups is 1. The van der Waals surface area contributed by atoms with Crippen LogP contribution in [-0.4, -0.2) is 60.9 Å². The Kier molecular flexibility index (Phi) is 8.77. The van der Waals surface area contributed by atoms with Crippen molar-refractivity contribution >= 4 is 11.9 Å². The number of hydrogen-bond donors (Lipinski definition) is 2. The van der Waals surface area contributed by atoms with Gasteiger partial charge in [0.2, 0.25) is 5.91 Å². The lowest BCUT2D eigenvalue weighted by Crippen LogP contribution is -2.45. The van der Waals surface area contributed by atoms with Gasteiger partial charge in [0.05, 0.1) is 6.54 Å². The fourth-order valence-corrected chi connectivity index (χ4v) is 3.38. The number of nitrogens with zero attached hydrogens (tertiary/aromatic N) is 3. The van der Waals surface area contributed by atoms with Crippen molar-refractivity contribution in [3.8, 4) is 0 Å². The molecule has 2 N–H and O–H groups in total. The second-order valence-corrected chi connectivity index (χ2v) is 7.91. The highest BCUT2D eigenvalue weighted by Gasteiger charge is 2.27. The summed E-state index contributed by atoms with van der Waals surface area (Å²) in [6.45, 7) is 13.2. The number of carbonyl (C=O) groups is 1. The first kappa shape index (κ1) is 22.2. The summed E-state index contributed by atoms with van der Waals surface area (Å²) in [7, 11) is 2.13. The third-order valence-corrected chi connectivity index (χ3v) is 5.08. The Morgan fingerprint density at radius 2 is 2.07 bits per heavy atom. The highest BCUT2D eigenvalue weighted by molar-refractivity contribution is 5.81. The van der Waals surface area contributed by atoms with Crippen molar-refractivity contribution in [3.63, 3.8) is 0 Å². The van der Waals surface area contributed by atoms with Gasteiger partial charge in [-0.1, -0.05) is 45.0 Å². The minimum atomic E-state index is 0.0553. The van der Waals surface area contributed by atoms with E-state index >= 15 is 0 Å². The van der Waals surface area contributed by atoms with Gasteiger partial charge in [0, 0.05) is 38.1 Å². The Morgan fingerprint density at radius 1 is 1.32 bits per heavy atom. The highest BCUT2D eigenvalue weighted by Crippen LogP contribution is 2.13. The van der Waals surface area contributed by atoms with Gasteiger partial charge >= 0.3 is 0 Å². The molecule has 0 spiro atoms. The summed E-state index contributed by atoms with van der Waals surface area (Å²) in [5, 5.41) is 6.83. The smallest absolute Gasteiger partial charge is 0.225 e. The van der Waals surface area contributed by atoms with Crippen LogP contribution in [0.4, 0.5) is 0 Å². The van der Waals surface area contributed by atoms with Gasteiger partial charge in [0.15, 0.2) is 5.96 Å². The summed E-state index contributed by atoms with van der Waals surface area (Å²) in [5.41, 5.74) is 2.52. The molecule has 1 aromatic rings. The Balaban J connectivity index is 1.95. The Morgan fingerprint density at radius 3 is 2.75 bits per heavy atom. The lowest BCUT2D eigenvalue weighted by atomic mass is 10.1. The molecule has 6 heteroatoms. The first-order chi connectivity index (χ1) is 13.4. The molecule has 1 fully saturated rings. The first-order valence-electron chi connectivity index (χ1n) is 10.5. The normalized spacial score (nSPS) is 17.5. The van der Waals surface area contributed by atoms with E-state index in [1.165, 1.54) is 11.1 Å². The maximum Gasteiger partial charge on any atom is 0.225 e. The molecule has 1 unspecified atom stereocenters. The Hall–Kier alpha value is -2.08. The molecule has 1 atom stereocenters. The summed E-state index contributed by atoms with van der Waals surface area (Å²) in [5.74, 6) is 1.11. The zero-order valence-electron chi connectivity index (χ0n) is 18.2. The fourth-order valence-electron chi connectivity index (χ4n) is 3.38. The van der Waals surface area contributed by atoms with Gasteiger partial charge in [0.1, 0.15) is 0 Å². The second-order valence-electron chi connectivity index (χ2n) is 7.91. The molecule has 1 aliphatic rings. The van der Waals surface area contributed by atoms with E-state index in [0.717, 1.165) is 45.1 Å². The second kappa shape index (κ2) is 11.1. The van der Waals surface area contributed by atoms with Crippen LogP contribution in [0.25, 0.3) is 0 Å². The minimum Gasteiger partial charge on any atom is -0.357 e. The molecule has 28 heavy (non-hydrogen) atoms. The fraction of sp³-hybridized carbons (Fsp3) is 0.636. The largest absolute Gasteiger partial charge is 0.357 e. The predicted octanol–water partition coefficient (Wildman–Crippen LogP) is 2.45. The van der Waals surface area contributed by atoms with E-state index in [-0.39, 0.29) is 17.9 Å². The molecule has 1 heterocycles. The van der Waals surface area contributed by atoms with Crippen molar-refractivity contribution in [2.45, 2.75) is 53.2 Å². The number of carbonyl (C=O) groups excluding carboxylic acids is 1. The topological polar surface area (TPSA) is 60.0 Å². The summed E-state index contributed by atoms with van der Waals surface area (Å²) >= 11 is 0. The third kappa shape index (κ3) is 6.82. The number of benzene rings is 1. The molecule has 0 bridgehead atoms. The third-order valence-electron chi connectivity index (χ3n) is 5.08. The maximum absolute atomic E-state index is 12.2. The molecule has 0 aliphatic carbocycles. The molecule has 156 valence electrons. The van der Waals surface area contributed by atoms with E-state index in [4.69, 9.17) is 4.99 Å². The quantitative estimate of drug-likeness (QED) is 0.531. The number of hydrogen-bond acceptors (Lipinski definition) is 3. The molecule has 1 aliphatic heterocycles. The van der Waals surface area contributed by atoms with Gasteiger partial charge in [0.25, 0.3) is 0 Å². The van der Waals surface area contributed by atoms with Crippen molar-refractivity contribution < 1.29 is 4.79 Å². The van der Waals surface area contributed by atoms with Gasteiger partial charge < -0.3 is 20.4 Å². The summed E-state index contributed by atoms with van der Waals surface area (Å²) in [6, 6.07) is 8.89. The van der Waals surface area contributed by atoms with Crippen LogP contribution in [0.5, 0.6) is 0 Å². The van der Waals surface area contributed by atoms with Crippen molar-refractivity contribution in [1.29, 1.82) is 0 Å². The first-order valence-corrected chi connectivity index (χ1v) is 10.5. The van der Waals surface area contributed by atoms with Crippen LogP contribution in [0.15, 0.2) is 29.3 Å². The molecule has 0 radical (unpaired) electrons. The standard InChI is InChI=1S/C22H37N5O/c1-6-23-22(25-20-11-12-27(16-20)21(28)17(3)4)24-14-18-9-8-10-19(13-18)15-26(5)7-2/h8-10,13,17,20H,6-7,11-12,14-16H2,1-5H3,(H2,23,24,25). The summed E-state index contributed by atoms with van der Waals surface area (Å²) in [6.07, 6.45) is 0.960.